The van der Waals surface area contributed by atoms with Crippen molar-refractivity contribution in [2.24, 2.45) is 5.73 Å². The molecule has 0 aliphatic heterocycles. The number of thiophene rings is 1. The molecule has 0 unspecified atom stereocenters. The summed E-state index contributed by atoms with van der Waals surface area (Å²) in [5.41, 5.74) is 5.45. The predicted molar refractivity (Wildman–Crippen MR) is 92.0 cm³/mol. The topological polar surface area (TPSA) is 92.5 Å². The van der Waals surface area contributed by atoms with Crippen molar-refractivity contribution in [3.63, 3.8) is 0 Å². The first kappa shape index (κ1) is 21.3. The van der Waals surface area contributed by atoms with Crippen LogP contribution < -0.4 is 11.1 Å². The van der Waals surface area contributed by atoms with Crippen molar-refractivity contribution >= 4 is 39.7 Å². The minimum absolute atomic E-state index is 0. The normalized spacial score (nSPS) is 12.8. The number of rotatable bonds is 8. The number of nitrogens with one attached hydrogen (secondary N) is 1. The van der Waals surface area contributed by atoms with Gasteiger partial charge in [0, 0.05) is 24.5 Å². The van der Waals surface area contributed by atoms with Crippen LogP contribution in [0.5, 0.6) is 0 Å². The largest absolute Gasteiger partial charge is 0.354 e. The van der Waals surface area contributed by atoms with Crippen LogP contribution >= 0.6 is 23.7 Å². The quantitative estimate of drug-likeness (QED) is 0.720. The molecule has 1 aromatic heterocycles. The van der Waals surface area contributed by atoms with Gasteiger partial charge in [0.2, 0.25) is 5.91 Å². The van der Waals surface area contributed by atoms with Crippen molar-refractivity contribution in [3.05, 3.63) is 17.0 Å². The van der Waals surface area contributed by atoms with Gasteiger partial charge in [0.15, 0.2) is 0 Å². The molecule has 1 rings (SSSR count). The van der Waals surface area contributed by atoms with Gasteiger partial charge in [-0.15, -0.1) is 23.7 Å². The third-order valence-electron chi connectivity index (χ3n) is 3.02. The Labute approximate surface area is 142 Å². The van der Waals surface area contributed by atoms with E-state index in [2.05, 4.69) is 5.32 Å². The second-order valence-electron chi connectivity index (χ2n) is 4.64. The van der Waals surface area contributed by atoms with Crippen LogP contribution in [0.3, 0.4) is 0 Å². The summed E-state index contributed by atoms with van der Waals surface area (Å²) in [7, 11) is -3.39. The summed E-state index contributed by atoms with van der Waals surface area (Å²) in [4.78, 5) is 12.3. The second kappa shape index (κ2) is 9.46. The lowest BCUT2D eigenvalue weighted by atomic mass is 10.3. The molecular weight excluding hydrogens is 346 g/mol. The molecule has 3 N–H and O–H groups in total. The average Bonchev–Trinajstić information content (AvgIpc) is 2.89. The fraction of sp³-hybridized carbons (Fsp3) is 0.615. The van der Waals surface area contributed by atoms with E-state index in [1.807, 2.05) is 13.8 Å². The summed E-state index contributed by atoms with van der Waals surface area (Å²) in [6.45, 7) is 6.62. The lowest BCUT2D eigenvalue weighted by Crippen LogP contribution is -2.39. The van der Waals surface area contributed by atoms with Crippen LogP contribution in [0, 0.1) is 0 Å². The third-order valence-corrected chi connectivity index (χ3v) is 6.68. The summed E-state index contributed by atoms with van der Waals surface area (Å²) in [6, 6.07) is 2.88. The molecule has 9 heteroatoms. The Balaban J connectivity index is 0.00000441. The van der Waals surface area contributed by atoms with Crippen molar-refractivity contribution in [2.45, 2.75) is 37.4 Å². The Bertz CT molecular complexity index is 569. The molecule has 0 radical (unpaired) electrons. The molecule has 0 saturated heterocycles. The first-order valence-electron chi connectivity index (χ1n) is 6.95. The van der Waals surface area contributed by atoms with E-state index in [0.717, 1.165) is 4.88 Å². The van der Waals surface area contributed by atoms with Gasteiger partial charge in [-0.25, -0.2) is 8.42 Å². The van der Waals surface area contributed by atoms with E-state index in [0.29, 0.717) is 30.3 Å². The van der Waals surface area contributed by atoms with Crippen LogP contribution in [-0.4, -0.2) is 44.3 Å². The molecule has 1 atom stereocenters. The SMILES string of the molecule is CCN(CC)S(=O)(=O)c1ccc(CCNC(=O)[C@@H](C)N)s1.Cl. The number of nitrogens with zero attached hydrogens (tertiary/aromatic N) is 1. The molecule has 1 aromatic rings. The van der Waals surface area contributed by atoms with Gasteiger partial charge in [-0.2, -0.15) is 4.31 Å². The maximum atomic E-state index is 12.3. The third kappa shape index (κ3) is 5.51. The van der Waals surface area contributed by atoms with Crippen molar-refractivity contribution in [1.29, 1.82) is 0 Å². The van der Waals surface area contributed by atoms with E-state index < -0.39 is 16.1 Å². The molecule has 0 aromatic carbocycles. The van der Waals surface area contributed by atoms with E-state index in [1.54, 1.807) is 19.1 Å². The molecule has 0 aliphatic rings. The summed E-state index contributed by atoms with van der Waals surface area (Å²) >= 11 is 1.25. The number of carbonyl (C=O) groups excluding carboxylic acids is 1. The van der Waals surface area contributed by atoms with Crippen LogP contribution in [0.2, 0.25) is 0 Å². The lowest BCUT2D eigenvalue weighted by molar-refractivity contribution is -0.121. The summed E-state index contributed by atoms with van der Waals surface area (Å²) < 4.78 is 26.4. The van der Waals surface area contributed by atoms with Crippen molar-refractivity contribution in [3.8, 4) is 0 Å². The monoisotopic (exact) mass is 369 g/mol. The molecule has 0 aliphatic carbocycles. The van der Waals surface area contributed by atoms with E-state index in [9.17, 15) is 13.2 Å². The highest BCUT2D eigenvalue weighted by atomic mass is 35.5. The number of amides is 1. The zero-order valence-corrected chi connectivity index (χ0v) is 15.5. The Morgan fingerprint density at radius 3 is 2.45 bits per heavy atom. The molecule has 0 saturated carbocycles. The smallest absolute Gasteiger partial charge is 0.252 e. The summed E-state index contributed by atoms with van der Waals surface area (Å²) in [6.07, 6.45) is 0.594. The first-order chi connectivity index (χ1) is 9.82. The minimum atomic E-state index is -3.39. The zero-order chi connectivity index (χ0) is 16.0. The first-order valence-corrected chi connectivity index (χ1v) is 9.20. The van der Waals surface area contributed by atoms with Crippen LogP contribution in [0.15, 0.2) is 16.3 Å². The standard InChI is InChI=1S/C13H23N3O3S2.ClH/c1-4-16(5-2)21(18,19)12-7-6-11(20-12)8-9-15-13(17)10(3)14;/h6-7,10H,4-5,8-9,14H2,1-3H3,(H,15,17);1H/t10-;/m1./s1. The molecule has 22 heavy (non-hydrogen) atoms. The van der Waals surface area contributed by atoms with Crippen molar-refractivity contribution in [2.75, 3.05) is 19.6 Å². The average molecular weight is 370 g/mol. The van der Waals surface area contributed by atoms with Crippen molar-refractivity contribution < 1.29 is 13.2 Å². The van der Waals surface area contributed by atoms with Gasteiger partial charge in [0.25, 0.3) is 10.0 Å². The lowest BCUT2D eigenvalue weighted by Gasteiger charge is -2.16. The van der Waals surface area contributed by atoms with Crippen LogP contribution in [0.1, 0.15) is 25.6 Å². The summed E-state index contributed by atoms with van der Waals surface area (Å²) in [5.74, 6) is -0.206. The molecule has 128 valence electrons. The van der Waals surface area contributed by atoms with E-state index in [1.165, 1.54) is 15.6 Å². The predicted octanol–water partition coefficient (Wildman–Crippen LogP) is 1.21. The van der Waals surface area contributed by atoms with Gasteiger partial charge in [-0.3, -0.25) is 4.79 Å². The van der Waals surface area contributed by atoms with Gasteiger partial charge >= 0.3 is 0 Å². The van der Waals surface area contributed by atoms with Crippen LogP contribution in [-0.2, 0) is 21.2 Å². The number of nitrogens with two attached hydrogens (primary N) is 1. The minimum Gasteiger partial charge on any atom is -0.354 e. The maximum absolute atomic E-state index is 12.3. The number of carbonyl (C=O) groups is 1. The highest BCUT2D eigenvalue weighted by Crippen LogP contribution is 2.25. The van der Waals surface area contributed by atoms with Crippen LogP contribution in [0.4, 0.5) is 0 Å². The second-order valence-corrected chi connectivity index (χ2v) is 7.97. The van der Waals surface area contributed by atoms with Gasteiger partial charge in [-0.05, 0) is 25.5 Å². The Kier molecular flexibility index (Phi) is 9.18. The van der Waals surface area contributed by atoms with Gasteiger partial charge in [0.1, 0.15) is 4.21 Å². The Hall–Kier alpha value is -0.670. The van der Waals surface area contributed by atoms with Gasteiger partial charge in [-0.1, -0.05) is 13.8 Å². The van der Waals surface area contributed by atoms with Gasteiger partial charge < -0.3 is 11.1 Å². The Morgan fingerprint density at radius 1 is 1.36 bits per heavy atom. The molecule has 0 bridgehead atoms. The fourth-order valence-electron chi connectivity index (χ4n) is 1.79. The highest BCUT2D eigenvalue weighted by Gasteiger charge is 2.23. The molecule has 1 heterocycles. The zero-order valence-electron chi connectivity index (χ0n) is 13.0. The maximum Gasteiger partial charge on any atom is 0.252 e. The van der Waals surface area contributed by atoms with E-state index >= 15 is 0 Å². The molecule has 0 fully saturated rings. The number of halogens is 1. The van der Waals surface area contributed by atoms with E-state index in [4.69, 9.17) is 5.73 Å². The fourth-order valence-corrected chi connectivity index (χ4v) is 4.76. The highest BCUT2D eigenvalue weighted by molar-refractivity contribution is 7.91. The number of sulfonamides is 1. The Morgan fingerprint density at radius 2 is 1.95 bits per heavy atom. The van der Waals surface area contributed by atoms with Crippen LogP contribution in [0.25, 0.3) is 0 Å². The van der Waals surface area contributed by atoms with E-state index in [-0.39, 0.29) is 18.3 Å². The molecule has 1 amide bonds. The number of hydrogen-bond donors (Lipinski definition) is 2. The van der Waals surface area contributed by atoms with Gasteiger partial charge in [0.05, 0.1) is 6.04 Å². The molecule has 6 nitrogen and oxygen atoms in total. The molecule has 0 spiro atoms. The van der Waals surface area contributed by atoms with Crippen molar-refractivity contribution in [1.82, 2.24) is 9.62 Å². The number of hydrogen-bond acceptors (Lipinski definition) is 5. The molecular formula is C13H24ClN3O3S2. The summed E-state index contributed by atoms with van der Waals surface area (Å²) in [5, 5.41) is 2.71.